The van der Waals surface area contributed by atoms with Gasteiger partial charge in [-0.05, 0) is 54.8 Å². The van der Waals surface area contributed by atoms with E-state index in [0.29, 0.717) is 13.1 Å². The molecule has 0 saturated carbocycles. The van der Waals surface area contributed by atoms with Gasteiger partial charge >= 0.3 is 0 Å². The first-order valence-corrected chi connectivity index (χ1v) is 8.11. The van der Waals surface area contributed by atoms with Gasteiger partial charge in [-0.2, -0.15) is 0 Å². The summed E-state index contributed by atoms with van der Waals surface area (Å²) in [5.74, 6) is 0.107. The molecular formula is C18H22ClN3O. The average molecular weight is 332 g/mol. The zero-order chi connectivity index (χ0) is 16.5. The minimum Gasteiger partial charge on any atom is -0.344 e. The Morgan fingerprint density at radius 1 is 1.09 bits per heavy atom. The number of nitrogens with one attached hydrogen (secondary N) is 1. The Bertz CT molecular complexity index is 601. The third kappa shape index (κ3) is 6.38. The number of halogens is 1. The van der Waals surface area contributed by atoms with Crippen molar-refractivity contribution >= 4 is 17.5 Å². The van der Waals surface area contributed by atoms with Crippen LogP contribution < -0.4 is 5.32 Å². The fraction of sp³-hybridized carbons (Fsp3) is 0.333. The van der Waals surface area contributed by atoms with Gasteiger partial charge in [0.25, 0.3) is 0 Å². The summed E-state index contributed by atoms with van der Waals surface area (Å²) in [5.41, 5.74) is 2.40. The van der Waals surface area contributed by atoms with Crippen LogP contribution in [0.25, 0.3) is 0 Å². The van der Waals surface area contributed by atoms with Crippen LogP contribution in [0.3, 0.4) is 0 Å². The van der Waals surface area contributed by atoms with E-state index in [1.807, 2.05) is 43.4 Å². The lowest BCUT2D eigenvalue weighted by Gasteiger charge is -2.17. The molecule has 1 aromatic heterocycles. The Morgan fingerprint density at radius 2 is 1.74 bits per heavy atom. The molecule has 1 heterocycles. The van der Waals surface area contributed by atoms with Crippen molar-refractivity contribution in [1.82, 2.24) is 15.2 Å². The second-order valence-electron chi connectivity index (χ2n) is 5.47. The fourth-order valence-corrected chi connectivity index (χ4v) is 2.31. The molecule has 122 valence electrons. The van der Waals surface area contributed by atoms with Gasteiger partial charge in [-0.25, -0.2) is 0 Å². The van der Waals surface area contributed by atoms with E-state index in [1.54, 1.807) is 17.3 Å². The Morgan fingerprint density at radius 3 is 2.43 bits per heavy atom. The van der Waals surface area contributed by atoms with Crippen LogP contribution in [0.15, 0.2) is 48.8 Å². The quantitative estimate of drug-likeness (QED) is 0.756. The number of benzene rings is 1. The highest BCUT2D eigenvalue weighted by Crippen LogP contribution is 2.09. The van der Waals surface area contributed by atoms with Crippen LogP contribution in [0.4, 0.5) is 0 Å². The zero-order valence-corrected chi connectivity index (χ0v) is 14.1. The summed E-state index contributed by atoms with van der Waals surface area (Å²) in [6, 6.07) is 11.7. The van der Waals surface area contributed by atoms with Crippen molar-refractivity contribution < 1.29 is 4.79 Å². The Balaban J connectivity index is 1.63. The molecule has 4 nitrogen and oxygen atoms in total. The molecule has 1 N–H and O–H groups in total. The number of pyridine rings is 1. The number of aromatic nitrogens is 1. The molecule has 0 aliphatic carbocycles. The Labute approximate surface area is 142 Å². The van der Waals surface area contributed by atoms with Crippen LogP contribution in [0.5, 0.6) is 0 Å². The molecule has 1 aromatic carbocycles. The summed E-state index contributed by atoms with van der Waals surface area (Å²) in [5, 5.41) is 3.94. The number of likely N-dealkylation sites (N-methyl/N-ethyl adjacent to an activating group) is 1. The number of carbonyl (C=O) groups is 1. The van der Waals surface area contributed by atoms with Crippen LogP contribution in [0, 0.1) is 0 Å². The monoisotopic (exact) mass is 331 g/mol. The highest BCUT2D eigenvalue weighted by atomic mass is 35.5. The van der Waals surface area contributed by atoms with Crippen LogP contribution in [0.1, 0.15) is 11.1 Å². The highest BCUT2D eigenvalue weighted by molar-refractivity contribution is 6.30. The molecule has 0 fully saturated rings. The SMILES string of the molecule is CN(CCc1ccncc1)C(=O)CNCCc1ccc(Cl)cc1. The van der Waals surface area contributed by atoms with Crippen molar-refractivity contribution in [3.63, 3.8) is 0 Å². The molecule has 2 rings (SSSR count). The minimum absolute atomic E-state index is 0.107. The van der Waals surface area contributed by atoms with Gasteiger partial charge in [0.05, 0.1) is 6.54 Å². The van der Waals surface area contributed by atoms with Gasteiger partial charge in [0.15, 0.2) is 0 Å². The number of nitrogens with zero attached hydrogens (tertiary/aromatic N) is 2. The van der Waals surface area contributed by atoms with Crippen LogP contribution in [0.2, 0.25) is 5.02 Å². The standard InChI is InChI=1S/C18H22ClN3O/c1-22(13-9-16-6-10-20-11-7-16)18(23)14-21-12-8-15-2-4-17(19)5-3-15/h2-7,10-11,21H,8-9,12-14H2,1H3. The first-order chi connectivity index (χ1) is 11.1. The largest absolute Gasteiger partial charge is 0.344 e. The predicted molar refractivity (Wildman–Crippen MR) is 93.6 cm³/mol. The molecule has 0 radical (unpaired) electrons. The summed E-state index contributed by atoms with van der Waals surface area (Å²) >= 11 is 5.85. The third-order valence-corrected chi connectivity index (χ3v) is 3.94. The third-order valence-electron chi connectivity index (χ3n) is 3.69. The molecule has 0 spiro atoms. The average Bonchev–Trinajstić information content (AvgIpc) is 2.59. The topological polar surface area (TPSA) is 45.2 Å². The van der Waals surface area contributed by atoms with E-state index in [0.717, 1.165) is 24.4 Å². The number of amides is 1. The normalized spacial score (nSPS) is 10.5. The van der Waals surface area contributed by atoms with Gasteiger partial charge in [-0.1, -0.05) is 23.7 Å². The van der Waals surface area contributed by atoms with E-state index in [4.69, 9.17) is 11.6 Å². The van der Waals surface area contributed by atoms with E-state index in [-0.39, 0.29) is 5.91 Å². The smallest absolute Gasteiger partial charge is 0.236 e. The molecule has 0 atom stereocenters. The maximum Gasteiger partial charge on any atom is 0.236 e. The van der Waals surface area contributed by atoms with E-state index < -0.39 is 0 Å². The second-order valence-corrected chi connectivity index (χ2v) is 5.91. The molecular weight excluding hydrogens is 310 g/mol. The summed E-state index contributed by atoms with van der Waals surface area (Å²) < 4.78 is 0. The summed E-state index contributed by atoms with van der Waals surface area (Å²) in [7, 11) is 1.84. The van der Waals surface area contributed by atoms with Crippen molar-refractivity contribution in [2.45, 2.75) is 12.8 Å². The lowest BCUT2D eigenvalue weighted by molar-refractivity contribution is -0.128. The molecule has 0 aliphatic heterocycles. The summed E-state index contributed by atoms with van der Waals surface area (Å²) in [6.45, 7) is 1.84. The van der Waals surface area contributed by atoms with E-state index in [9.17, 15) is 4.79 Å². The van der Waals surface area contributed by atoms with Gasteiger partial charge in [-0.15, -0.1) is 0 Å². The van der Waals surface area contributed by atoms with E-state index >= 15 is 0 Å². The molecule has 23 heavy (non-hydrogen) atoms. The van der Waals surface area contributed by atoms with Crippen LogP contribution in [-0.2, 0) is 17.6 Å². The van der Waals surface area contributed by atoms with Crippen molar-refractivity contribution in [2.75, 3.05) is 26.7 Å². The van der Waals surface area contributed by atoms with Crippen LogP contribution >= 0.6 is 11.6 Å². The second kappa shape index (κ2) is 9.28. The molecule has 0 unspecified atom stereocenters. The molecule has 0 saturated heterocycles. The lowest BCUT2D eigenvalue weighted by Crippen LogP contribution is -2.37. The molecule has 0 bridgehead atoms. The highest BCUT2D eigenvalue weighted by Gasteiger charge is 2.07. The van der Waals surface area contributed by atoms with E-state index in [1.165, 1.54) is 11.1 Å². The summed E-state index contributed by atoms with van der Waals surface area (Å²) in [4.78, 5) is 17.8. The first kappa shape index (κ1) is 17.4. The number of hydrogen-bond acceptors (Lipinski definition) is 3. The molecule has 2 aromatic rings. The number of carbonyl (C=O) groups excluding carboxylic acids is 1. The maximum absolute atomic E-state index is 12.1. The molecule has 1 amide bonds. The van der Waals surface area contributed by atoms with Crippen LogP contribution in [-0.4, -0.2) is 42.5 Å². The molecule has 0 aliphatic rings. The lowest BCUT2D eigenvalue weighted by atomic mass is 10.1. The minimum atomic E-state index is 0.107. The number of hydrogen-bond donors (Lipinski definition) is 1. The number of rotatable bonds is 8. The van der Waals surface area contributed by atoms with Crippen molar-refractivity contribution in [1.29, 1.82) is 0 Å². The Kier molecular flexibility index (Phi) is 7.04. The zero-order valence-electron chi connectivity index (χ0n) is 13.3. The van der Waals surface area contributed by atoms with Gasteiger partial charge in [0, 0.05) is 31.0 Å². The van der Waals surface area contributed by atoms with Crippen molar-refractivity contribution in [2.24, 2.45) is 0 Å². The van der Waals surface area contributed by atoms with Crippen molar-refractivity contribution in [3.05, 3.63) is 64.9 Å². The van der Waals surface area contributed by atoms with Gasteiger partial charge in [0.2, 0.25) is 5.91 Å². The Hall–Kier alpha value is -1.91. The van der Waals surface area contributed by atoms with E-state index in [2.05, 4.69) is 10.3 Å². The maximum atomic E-state index is 12.1. The predicted octanol–water partition coefficient (Wildman–Crippen LogP) is 2.57. The first-order valence-electron chi connectivity index (χ1n) is 7.73. The molecule has 5 heteroatoms. The van der Waals surface area contributed by atoms with Gasteiger partial charge < -0.3 is 10.2 Å². The van der Waals surface area contributed by atoms with Crippen molar-refractivity contribution in [3.8, 4) is 0 Å². The summed E-state index contributed by atoms with van der Waals surface area (Å²) in [6.07, 6.45) is 5.27. The van der Waals surface area contributed by atoms with Gasteiger partial charge in [-0.3, -0.25) is 9.78 Å². The fourth-order valence-electron chi connectivity index (χ4n) is 2.19. The van der Waals surface area contributed by atoms with Gasteiger partial charge in [0.1, 0.15) is 0 Å².